The van der Waals surface area contributed by atoms with E-state index in [0.717, 1.165) is 5.56 Å². The number of aliphatic hydroxyl groups excluding tert-OH is 1. The number of Topliss-reactive ketones (excluding diaryl/α,β-unsaturated/α-hetero) is 1. The molecule has 0 radical (unpaired) electrons. The predicted octanol–water partition coefficient (Wildman–Crippen LogP) is 6.30. The molecule has 5 rings (SSSR count). The summed E-state index contributed by atoms with van der Waals surface area (Å²) in [5, 5.41) is 20.7. The first kappa shape index (κ1) is 28.6. The zero-order chi connectivity index (χ0) is 28.9. The van der Waals surface area contributed by atoms with Crippen molar-refractivity contribution in [2.45, 2.75) is 30.0 Å². The van der Waals surface area contributed by atoms with E-state index in [1.54, 1.807) is 30.3 Å². The Hall–Kier alpha value is -3.93. The van der Waals surface area contributed by atoms with Crippen LogP contribution in [0.1, 0.15) is 36.6 Å². The van der Waals surface area contributed by atoms with E-state index in [2.05, 4.69) is 15.2 Å². The highest BCUT2D eigenvalue weighted by Gasteiger charge is 2.48. The molecule has 0 saturated carbocycles. The first-order valence-corrected chi connectivity index (χ1v) is 14.9. The van der Waals surface area contributed by atoms with Crippen LogP contribution in [0, 0.1) is 0 Å². The van der Waals surface area contributed by atoms with Crippen LogP contribution in [-0.2, 0) is 15.3 Å². The van der Waals surface area contributed by atoms with E-state index in [9.17, 15) is 14.7 Å². The van der Waals surface area contributed by atoms with E-state index in [-0.39, 0.29) is 16.5 Å². The van der Waals surface area contributed by atoms with Crippen LogP contribution >= 0.6 is 34.7 Å². The van der Waals surface area contributed by atoms with Gasteiger partial charge >= 0.3 is 5.91 Å². The minimum Gasteiger partial charge on any atom is -0.507 e. The largest absolute Gasteiger partial charge is 0.507 e. The molecule has 0 aliphatic carbocycles. The number of anilines is 1. The molecule has 12 heteroatoms. The summed E-state index contributed by atoms with van der Waals surface area (Å²) in [7, 11) is 0. The molecule has 1 N–H and O–H groups in total. The zero-order valence-corrected chi connectivity index (χ0v) is 24.5. The summed E-state index contributed by atoms with van der Waals surface area (Å²) in [4.78, 5) is 32.3. The van der Waals surface area contributed by atoms with Gasteiger partial charge in [-0.2, -0.15) is 0 Å². The summed E-state index contributed by atoms with van der Waals surface area (Å²) in [5.41, 5.74) is 1.75. The first-order valence-electron chi connectivity index (χ1n) is 12.7. The molecule has 1 atom stereocenters. The number of benzene rings is 2. The third kappa shape index (κ3) is 5.92. The van der Waals surface area contributed by atoms with E-state index in [4.69, 9.17) is 21.1 Å². The molecule has 2 aromatic heterocycles. The van der Waals surface area contributed by atoms with Crippen LogP contribution in [0.4, 0.5) is 5.13 Å². The van der Waals surface area contributed by atoms with E-state index in [0.29, 0.717) is 51.0 Å². The number of nitrogens with zero attached hydrogens (tertiary/aromatic N) is 4. The highest BCUT2D eigenvalue weighted by molar-refractivity contribution is 8.00. The maximum Gasteiger partial charge on any atom is 0.301 e. The van der Waals surface area contributed by atoms with Gasteiger partial charge in [0.1, 0.15) is 5.76 Å². The summed E-state index contributed by atoms with van der Waals surface area (Å²) in [6, 6.07) is 14.8. The number of aromatic nitrogens is 3. The van der Waals surface area contributed by atoms with Gasteiger partial charge in [-0.15, -0.1) is 10.2 Å². The Morgan fingerprint density at radius 2 is 1.76 bits per heavy atom. The number of rotatable bonds is 10. The van der Waals surface area contributed by atoms with Crippen LogP contribution in [0.15, 0.2) is 76.9 Å². The van der Waals surface area contributed by atoms with Crippen LogP contribution in [-0.4, -0.2) is 45.2 Å². The molecule has 3 heterocycles. The van der Waals surface area contributed by atoms with Crippen molar-refractivity contribution in [1.29, 1.82) is 0 Å². The summed E-state index contributed by atoms with van der Waals surface area (Å²) >= 11 is 8.89. The van der Waals surface area contributed by atoms with Gasteiger partial charge in [-0.3, -0.25) is 19.5 Å². The Kier molecular flexibility index (Phi) is 8.87. The lowest BCUT2D eigenvalue weighted by Crippen LogP contribution is -2.29. The van der Waals surface area contributed by atoms with E-state index in [1.165, 1.54) is 40.4 Å². The Morgan fingerprint density at radius 1 is 1.02 bits per heavy atom. The molecule has 0 bridgehead atoms. The van der Waals surface area contributed by atoms with Gasteiger partial charge in [-0.05, 0) is 55.3 Å². The molecule has 1 unspecified atom stereocenters. The topological polar surface area (TPSA) is 115 Å². The molecule has 1 amide bonds. The van der Waals surface area contributed by atoms with Gasteiger partial charge in [0.15, 0.2) is 15.8 Å². The normalized spacial score (nSPS) is 16.3. The Balaban J connectivity index is 1.58. The second kappa shape index (κ2) is 12.7. The molecule has 0 spiro atoms. The van der Waals surface area contributed by atoms with Gasteiger partial charge in [-0.25, -0.2) is 0 Å². The number of amides is 1. The lowest BCUT2D eigenvalue weighted by molar-refractivity contribution is -0.132. The molecule has 1 aliphatic heterocycles. The van der Waals surface area contributed by atoms with E-state index < -0.39 is 17.7 Å². The molecular weight excluding hydrogens is 584 g/mol. The Bertz CT molecular complexity index is 1610. The van der Waals surface area contributed by atoms with Gasteiger partial charge < -0.3 is 14.6 Å². The number of carbonyl (C=O) groups is 2. The van der Waals surface area contributed by atoms with Gasteiger partial charge in [-0.1, -0.05) is 59.0 Å². The maximum absolute atomic E-state index is 13.5. The lowest BCUT2D eigenvalue weighted by Gasteiger charge is -2.23. The third-order valence-electron chi connectivity index (χ3n) is 6.19. The van der Waals surface area contributed by atoms with Crippen molar-refractivity contribution in [3.05, 3.63) is 94.3 Å². The van der Waals surface area contributed by atoms with Crippen molar-refractivity contribution in [2.24, 2.45) is 0 Å². The zero-order valence-electron chi connectivity index (χ0n) is 22.1. The maximum atomic E-state index is 13.5. The minimum atomic E-state index is -0.993. The number of aliphatic hydroxyl groups is 1. The molecule has 2 aromatic carbocycles. The molecule has 9 nitrogen and oxygen atoms in total. The van der Waals surface area contributed by atoms with Gasteiger partial charge in [0, 0.05) is 28.7 Å². The van der Waals surface area contributed by atoms with Gasteiger partial charge in [0.2, 0.25) is 5.13 Å². The standard InChI is InChI=1S/C29H25ClN4O5S2/c1-3-38-21-10-9-18(15-22(21)39-4-2)24-23(25(35)17-11-13-31-14-12-17)26(36)27(37)34(24)28-32-33-29(41-28)40-16-19-7-5-6-8-20(19)30/h5-15,24,35H,3-4,16H2,1-2H3/b25-23+. The fourth-order valence-electron chi connectivity index (χ4n) is 4.36. The van der Waals surface area contributed by atoms with Crippen molar-refractivity contribution in [3.63, 3.8) is 0 Å². The number of ketones is 1. The quantitative estimate of drug-likeness (QED) is 0.0728. The van der Waals surface area contributed by atoms with Crippen LogP contribution in [0.2, 0.25) is 5.02 Å². The monoisotopic (exact) mass is 608 g/mol. The molecule has 210 valence electrons. The van der Waals surface area contributed by atoms with Crippen LogP contribution < -0.4 is 14.4 Å². The van der Waals surface area contributed by atoms with Crippen LogP contribution in [0.3, 0.4) is 0 Å². The number of carbonyl (C=O) groups excluding carboxylic acids is 2. The molecule has 41 heavy (non-hydrogen) atoms. The Labute approximate surface area is 249 Å². The van der Waals surface area contributed by atoms with Gasteiger partial charge in [0.25, 0.3) is 5.78 Å². The van der Waals surface area contributed by atoms with Crippen molar-refractivity contribution >= 4 is 57.3 Å². The number of thioether (sulfide) groups is 1. The summed E-state index contributed by atoms with van der Waals surface area (Å²) < 4.78 is 12.1. The lowest BCUT2D eigenvalue weighted by atomic mass is 9.95. The van der Waals surface area contributed by atoms with E-state index >= 15 is 0 Å². The minimum absolute atomic E-state index is 0.0757. The van der Waals surface area contributed by atoms with Crippen molar-refractivity contribution in [3.8, 4) is 11.5 Å². The number of halogens is 1. The summed E-state index contributed by atoms with van der Waals surface area (Å²) in [6.07, 6.45) is 2.99. The van der Waals surface area contributed by atoms with Gasteiger partial charge in [0.05, 0.1) is 24.8 Å². The summed E-state index contributed by atoms with van der Waals surface area (Å²) in [6.45, 7) is 4.52. The predicted molar refractivity (Wildman–Crippen MR) is 159 cm³/mol. The molecule has 4 aromatic rings. The third-order valence-corrected chi connectivity index (χ3v) is 8.67. The van der Waals surface area contributed by atoms with Crippen molar-refractivity contribution in [2.75, 3.05) is 18.1 Å². The SMILES string of the molecule is CCOc1ccc(C2/C(=C(\O)c3ccncc3)C(=O)C(=O)N2c2nnc(SCc3ccccc3Cl)s2)cc1OCC. The number of pyridine rings is 1. The number of ether oxygens (including phenoxy) is 2. The average Bonchev–Trinajstić information content (AvgIpc) is 3.55. The first-order chi connectivity index (χ1) is 19.9. The smallest absolute Gasteiger partial charge is 0.301 e. The molecule has 1 saturated heterocycles. The Morgan fingerprint density at radius 3 is 2.49 bits per heavy atom. The molecule has 1 fully saturated rings. The highest BCUT2D eigenvalue weighted by Crippen LogP contribution is 2.45. The fourth-order valence-corrected chi connectivity index (χ4v) is 6.51. The van der Waals surface area contributed by atoms with E-state index in [1.807, 2.05) is 38.1 Å². The molecular formula is C29H25ClN4O5S2. The molecule has 1 aliphatic rings. The number of hydrogen-bond donors (Lipinski definition) is 1. The number of hydrogen-bond acceptors (Lipinski definition) is 10. The van der Waals surface area contributed by atoms with Crippen LogP contribution in [0.25, 0.3) is 5.76 Å². The summed E-state index contributed by atoms with van der Waals surface area (Å²) in [5.74, 6) is -0.446. The second-order valence-corrected chi connectivity index (χ2v) is 11.3. The second-order valence-electron chi connectivity index (χ2n) is 8.71. The highest BCUT2D eigenvalue weighted by atomic mass is 35.5. The fraction of sp³-hybridized carbons (Fsp3) is 0.207. The van der Waals surface area contributed by atoms with Crippen molar-refractivity contribution < 1.29 is 24.2 Å². The average molecular weight is 609 g/mol. The van der Waals surface area contributed by atoms with Crippen molar-refractivity contribution in [1.82, 2.24) is 15.2 Å². The van der Waals surface area contributed by atoms with Crippen LogP contribution in [0.5, 0.6) is 11.5 Å².